The zero-order chi connectivity index (χ0) is 72.1. The topological polar surface area (TPSA) is 237 Å². The average molecular weight is 1440 g/mol. The van der Waals surface area contributed by atoms with E-state index < -0.39 is 97.5 Å². The van der Waals surface area contributed by atoms with Gasteiger partial charge in [-0.25, -0.2) is 9.13 Å². The molecule has 0 aromatic heterocycles. The molecule has 0 spiro atoms. The lowest BCUT2D eigenvalue weighted by molar-refractivity contribution is -0.161. The molecule has 0 aliphatic heterocycles. The van der Waals surface area contributed by atoms with Crippen LogP contribution in [0.15, 0.2) is 0 Å². The first-order valence-corrected chi connectivity index (χ1v) is 44.1. The molecule has 0 saturated carbocycles. The number of ether oxygens (including phenoxy) is 4. The predicted octanol–water partition coefficient (Wildman–Crippen LogP) is 23.5. The van der Waals surface area contributed by atoms with Crippen molar-refractivity contribution < 1.29 is 80.2 Å². The van der Waals surface area contributed by atoms with Gasteiger partial charge in [0, 0.05) is 25.7 Å². The second kappa shape index (κ2) is 70.7. The van der Waals surface area contributed by atoms with Crippen LogP contribution >= 0.6 is 15.6 Å². The SMILES string of the molecule is CCCCCCCCCCCCCCCC(=O)OC[C@H](COP(=O)(O)OC[C@@H](O)COP(=O)(O)OC[C@@H](COC(=O)CCCCCCCCCCCCC)OC(=O)CCCCCCCCCCC(C)CC)OC(=O)CCCCCCCCCCCCCCCCCCCCC(C)CC. The van der Waals surface area contributed by atoms with Gasteiger partial charge in [-0.3, -0.25) is 37.3 Å². The highest BCUT2D eigenvalue weighted by molar-refractivity contribution is 7.47. The van der Waals surface area contributed by atoms with Crippen LogP contribution in [0.5, 0.6) is 0 Å². The van der Waals surface area contributed by atoms with Gasteiger partial charge in [-0.1, -0.05) is 363 Å². The number of hydrogen-bond donors (Lipinski definition) is 3. The number of carbonyl (C=O) groups excluding carboxylic acids is 4. The summed E-state index contributed by atoms with van der Waals surface area (Å²) < 4.78 is 68.6. The summed E-state index contributed by atoms with van der Waals surface area (Å²) >= 11 is 0. The number of hydrogen-bond acceptors (Lipinski definition) is 15. The van der Waals surface area contributed by atoms with Crippen molar-refractivity contribution in [1.82, 2.24) is 0 Å². The Kier molecular flexibility index (Phi) is 69.3. The number of rotatable bonds is 78. The highest BCUT2D eigenvalue weighted by Crippen LogP contribution is 2.45. The fourth-order valence-electron chi connectivity index (χ4n) is 12.1. The molecule has 0 saturated heterocycles. The van der Waals surface area contributed by atoms with E-state index in [0.717, 1.165) is 102 Å². The van der Waals surface area contributed by atoms with Gasteiger partial charge in [0.15, 0.2) is 12.2 Å². The second-order valence-corrected chi connectivity index (χ2v) is 31.8. The first-order valence-electron chi connectivity index (χ1n) is 41.1. The quantitative estimate of drug-likeness (QED) is 0.0222. The van der Waals surface area contributed by atoms with E-state index in [9.17, 15) is 43.2 Å². The molecule has 0 amide bonds. The van der Waals surface area contributed by atoms with E-state index in [-0.39, 0.29) is 25.7 Å². The molecular weight excluding hydrogens is 1280 g/mol. The van der Waals surface area contributed by atoms with Gasteiger partial charge in [0.25, 0.3) is 0 Å². The summed E-state index contributed by atoms with van der Waals surface area (Å²) in [7, 11) is -9.91. The summed E-state index contributed by atoms with van der Waals surface area (Å²) in [6.45, 7) is 9.68. The maximum Gasteiger partial charge on any atom is 0.472 e. The van der Waals surface area contributed by atoms with Gasteiger partial charge in [-0.15, -0.1) is 0 Å². The minimum absolute atomic E-state index is 0.105. The first-order chi connectivity index (χ1) is 47.4. The maximum atomic E-state index is 13.1. The molecule has 0 radical (unpaired) electrons. The fourth-order valence-corrected chi connectivity index (χ4v) is 13.7. The Labute approximate surface area is 600 Å². The monoisotopic (exact) mass is 1440 g/mol. The standard InChI is InChI=1S/C79H154O17P2/c1-7-11-13-15-17-19-21-28-33-37-44-50-56-62-77(82)90-67-74(95-78(83)63-57-51-45-38-34-30-27-25-23-22-24-26-29-32-35-41-47-53-59-71(5)9-3)69-93-97(85,86)91-65-73(80)66-92-98(87,88)94-70-75(68-89-76(81)61-55-49-43-36-31-20-18-16-14-12-8-2)96-79(84)64-58-52-46-40-39-42-48-54-60-72(6)10-4/h71-75,80H,7-70H2,1-6H3,(H,85,86)(H,87,88)/t71?,72?,73-,74-,75-/m1/s1. The molecule has 7 atom stereocenters. The highest BCUT2D eigenvalue weighted by atomic mass is 31.2. The zero-order valence-corrected chi connectivity index (χ0v) is 65.9. The Hall–Kier alpha value is -1.94. The molecule has 0 bridgehead atoms. The van der Waals surface area contributed by atoms with Gasteiger partial charge >= 0.3 is 39.5 Å². The summed E-state index contributed by atoms with van der Waals surface area (Å²) in [6, 6.07) is 0. The molecule has 0 rings (SSSR count). The smallest absolute Gasteiger partial charge is 0.462 e. The van der Waals surface area contributed by atoms with Crippen LogP contribution < -0.4 is 0 Å². The summed E-state index contributed by atoms with van der Waals surface area (Å²) in [5, 5.41) is 10.6. The Balaban J connectivity index is 5.20. The number of aliphatic hydroxyl groups is 1. The lowest BCUT2D eigenvalue weighted by Crippen LogP contribution is -2.30. The number of aliphatic hydroxyl groups excluding tert-OH is 1. The summed E-state index contributed by atoms with van der Waals surface area (Å²) in [4.78, 5) is 72.9. The number of carbonyl (C=O) groups is 4. The first kappa shape index (κ1) is 96.1. The van der Waals surface area contributed by atoms with Crippen LogP contribution in [-0.4, -0.2) is 96.7 Å². The van der Waals surface area contributed by atoms with Gasteiger partial charge in [-0.05, 0) is 37.5 Å². The van der Waals surface area contributed by atoms with Crippen LogP contribution in [0.3, 0.4) is 0 Å². The minimum Gasteiger partial charge on any atom is -0.462 e. The van der Waals surface area contributed by atoms with Crippen molar-refractivity contribution >= 4 is 39.5 Å². The number of phosphoric ester groups is 2. The van der Waals surface area contributed by atoms with E-state index in [4.69, 9.17) is 37.0 Å². The van der Waals surface area contributed by atoms with Crippen molar-refractivity contribution in [3.8, 4) is 0 Å². The van der Waals surface area contributed by atoms with Crippen LogP contribution in [0.4, 0.5) is 0 Å². The van der Waals surface area contributed by atoms with Crippen molar-refractivity contribution in [2.45, 2.75) is 432 Å². The molecule has 98 heavy (non-hydrogen) atoms. The molecule has 19 heteroatoms. The lowest BCUT2D eigenvalue weighted by Gasteiger charge is -2.21. The van der Waals surface area contributed by atoms with Crippen molar-refractivity contribution in [3.63, 3.8) is 0 Å². The van der Waals surface area contributed by atoms with Gasteiger partial charge in [-0.2, -0.15) is 0 Å². The molecule has 0 aliphatic carbocycles. The second-order valence-electron chi connectivity index (χ2n) is 28.9. The number of esters is 4. The van der Waals surface area contributed by atoms with E-state index in [1.807, 2.05) is 0 Å². The Bertz CT molecular complexity index is 1890. The van der Waals surface area contributed by atoms with E-state index in [2.05, 4.69) is 41.5 Å². The summed E-state index contributed by atoms with van der Waals surface area (Å²) in [5.41, 5.74) is 0. The predicted molar refractivity (Wildman–Crippen MR) is 400 cm³/mol. The minimum atomic E-state index is -4.96. The van der Waals surface area contributed by atoms with E-state index in [0.29, 0.717) is 25.7 Å². The number of phosphoric acid groups is 2. The van der Waals surface area contributed by atoms with Crippen molar-refractivity contribution in [2.24, 2.45) is 11.8 Å². The van der Waals surface area contributed by atoms with Crippen LogP contribution in [0.25, 0.3) is 0 Å². The zero-order valence-electron chi connectivity index (χ0n) is 64.1. The van der Waals surface area contributed by atoms with Gasteiger partial charge in [0.2, 0.25) is 0 Å². The molecule has 17 nitrogen and oxygen atoms in total. The third-order valence-corrected chi connectivity index (χ3v) is 21.1. The maximum absolute atomic E-state index is 13.1. The molecule has 3 N–H and O–H groups in total. The molecular formula is C79H154O17P2. The van der Waals surface area contributed by atoms with Gasteiger partial charge < -0.3 is 33.8 Å². The van der Waals surface area contributed by atoms with Gasteiger partial charge in [0.05, 0.1) is 26.4 Å². The molecule has 4 unspecified atom stereocenters. The van der Waals surface area contributed by atoms with Crippen LogP contribution in [0.1, 0.15) is 414 Å². The van der Waals surface area contributed by atoms with Crippen LogP contribution in [-0.2, 0) is 65.4 Å². The average Bonchev–Trinajstić information content (AvgIpc) is 0.947. The van der Waals surface area contributed by atoms with Crippen molar-refractivity contribution in [2.75, 3.05) is 39.6 Å². The molecule has 0 heterocycles. The normalized spacial score (nSPS) is 14.5. The molecule has 0 aromatic rings. The van der Waals surface area contributed by atoms with Gasteiger partial charge in [0.1, 0.15) is 19.3 Å². The van der Waals surface area contributed by atoms with E-state index in [1.165, 1.54) is 231 Å². The molecule has 582 valence electrons. The fraction of sp³-hybridized carbons (Fsp3) is 0.949. The van der Waals surface area contributed by atoms with Crippen molar-refractivity contribution in [1.29, 1.82) is 0 Å². The third-order valence-electron chi connectivity index (χ3n) is 19.2. The summed E-state index contributed by atoms with van der Waals surface area (Å²) in [5.74, 6) is -0.471. The Morgan fingerprint density at radius 3 is 0.724 bits per heavy atom. The van der Waals surface area contributed by atoms with Crippen LogP contribution in [0, 0.1) is 11.8 Å². The Morgan fingerprint density at radius 2 is 0.490 bits per heavy atom. The molecule has 0 aromatic carbocycles. The lowest BCUT2D eigenvalue weighted by atomic mass is 9.99. The highest BCUT2D eigenvalue weighted by Gasteiger charge is 2.30. The molecule has 0 fully saturated rings. The Morgan fingerprint density at radius 1 is 0.286 bits per heavy atom. The third kappa shape index (κ3) is 69.8. The molecule has 0 aliphatic rings. The number of unbranched alkanes of at least 4 members (excludes halogenated alkanes) is 46. The largest absolute Gasteiger partial charge is 0.472 e. The summed E-state index contributed by atoms with van der Waals surface area (Å²) in [6.07, 6.45) is 59.5. The van der Waals surface area contributed by atoms with E-state index in [1.54, 1.807) is 0 Å². The van der Waals surface area contributed by atoms with Crippen molar-refractivity contribution in [3.05, 3.63) is 0 Å². The van der Waals surface area contributed by atoms with E-state index >= 15 is 0 Å². The van der Waals surface area contributed by atoms with Crippen LogP contribution in [0.2, 0.25) is 0 Å².